The molecule has 0 aliphatic heterocycles. The van der Waals surface area contributed by atoms with Crippen molar-refractivity contribution < 1.29 is 13.9 Å². The molecule has 0 spiro atoms. The van der Waals surface area contributed by atoms with Gasteiger partial charge < -0.3 is 10.1 Å². The molecule has 0 aliphatic rings. The molecule has 0 atom stereocenters. The minimum absolute atomic E-state index is 0.0460. The van der Waals surface area contributed by atoms with Gasteiger partial charge in [-0.3, -0.25) is 9.78 Å². The number of hydrogen-bond donors (Lipinski definition) is 1. The summed E-state index contributed by atoms with van der Waals surface area (Å²) in [6.45, 7) is 0.123. The Morgan fingerprint density at radius 3 is 2.95 bits per heavy atom. The molecule has 6 heteroatoms. The van der Waals surface area contributed by atoms with E-state index < -0.39 is 5.82 Å². The van der Waals surface area contributed by atoms with Crippen LogP contribution in [0.2, 0.25) is 0 Å². The Hall–Kier alpha value is -1.95. The largest absolute Gasteiger partial charge is 0.481 e. The zero-order valence-electron chi connectivity index (χ0n) is 10.5. The Labute approximate surface area is 124 Å². The SMILES string of the molecule is O=C(COc1ccc(Br)cc1F)NCc1cccnc1. The average molecular weight is 339 g/mol. The summed E-state index contributed by atoms with van der Waals surface area (Å²) in [6, 6.07) is 8.03. The van der Waals surface area contributed by atoms with E-state index in [1.54, 1.807) is 24.5 Å². The molecular formula is C14H12BrFN2O2. The molecular weight excluding hydrogens is 327 g/mol. The summed E-state index contributed by atoms with van der Waals surface area (Å²) in [5, 5.41) is 2.66. The molecule has 104 valence electrons. The van der Waals surface area contributed by atoms with Gasteiger partial charge in [0.1, 0.15) is 0 Å². The summed E-state index contributed by atoms with van der Waals surface area (Å²) in [5.41, 5.74) is 0.885. The number of rotatable bonds is 5. The summed E-state index contributed by atoms with van der Waals surface area (Å²) in [7, 11) is 0. The predicted molar refractivity (Wildman–Crippen MR) is 75.7 cm³/mol. The molecule has 4 nitrogen and oxygen atoms in total. The van der Waals surface area contributed by atoms with Gasteiger partial charge >= 0.3 is 0 Å². The highest BCUT2D eigenvalue weighted by molar-refractivity contribution is 9.10. The molecule has 20 heavy (non-hydrogen) atoms. The number of nitrogens with zero attached hydrogens (tertiary/aromatic N) is 1. The van der Waals surface area contributed by atoms with Crippen LogP contribution in [-0.4, -0.2) is 17.5 Å². The number of pyridine rings is 1. The lowest BCUT2D eigenvalue weighted by Crippen LogP contribution is -2.28. The standard InChI is InChI=1S/C14H12BrFN2O2/c15-11-3-4-13(12(16)6-11)20-9-14(19)18-8-10-2-1-5-17-7-10/h1-7H,8-9H2,(H,18,19). The number of carbonyl (C=O) groups excluding carboxylic acids is 1. The molecule has 1 aromatic heterocycles. The third-order valence-electron chi connectivity index (χ3n) is 2.47. The van der Waals surface area contributed by atoms with E-state index in [0.717, 1.165) is 5.56 Å². The number of carbonyl (C=O) groups is 1. The second-order valence-corrected chi connectivity index (χ2v) is 4.92. The van der Waals surface area contributed by atoms with Crippen LogP contribution in [0.4, 0.5) is 4.39 Å². The van der Waals surface area contributed by atoms with Crippen molar-refractivity contribution in [2.24, 2.45) is 0 Å². The number of halogens is 2. The smallest absolute Gasteiger partial charge is 0.258 e. The highest BCUT2D eigenvalue weighted by Gasteiger charge is 2.07. The van der Waals surface area contributed by atoms with E-state index in [1.165, 1.54) is 12.1 Å². The molecule has 2 aromatic rings. The first-order chi connectivity index (χ1) is 9.65. The van der Waals surface area contributed by atoms with Crippen LogP contribution in [0.1, 0.15) is 5.56 Å². The van der Waals surface area contributed by atoms with Gasteiger partial charge in [-0.2, -0.15) is 0 Å². The van der Waals surface area contributed by atoms with E-state index in [2.05, 4.69) is 26.2 Å². The number of nitrogens with one attached hydrogen (secondary N) is 1. The van der Waals surface area contributed by atoms with Crippen LogP contribution in [0, 0.1) is 5.82 Å². The first-order valence-electron chi connectivity index (χ1n) is 5.88. The van der Waals surface area contributed by atoms with Crippen LogP contribution < -0.4 is 10.1 Å². The normalized spacial score (nSPS) is 10.1. The second kappa shape index (κ2) is 7.00. The van der Waals surface area contributed by atoms with Gasteiger partial charge in [-0.25, -0.2) is 4.39 Å². The van der Waals surface area contributed by atoms with Crippen molar-refractivity contribution >= 4 is 21.8 Å². The first-order valence-corrected chi connectivity index (χ1v) is 6.68. The number of hydrogen-bond acceptors (Lipinski definition) is 3. The van der Waals surface area contributed by atoms with Crippen molar-refractivity contribution in [1.29, 1.82) is 0 Å². The number of amides is 1. The van der Waals surface area contributed by atoms with Gasteiger partial charge in [0.2, 0.25) is 0 Å². The summed E-state index contributed by atoms with van der Waals surface area (Å²) in [6.07, 6.45) is 3.32. The molecule has 0 aliphatic carbocycles. The van der Waals surface area contributed by atoms with E-state index in [1.807, 2.05) is 6.07 Å². The Kier molecular flexibility index (Phi) is 5.06. The van der Waals surface area contributed by atoms with E-state index in [0.29, 0.717) is 11.0 Å². The molecule has 1 heterocycles. The summed E-state index contributed by atoms with van der Waals surface area (Å²) < 4.78 is 19.2. The molecule has 0 radical (unpaired) electrons. The molecule has 0 unspecified atom stereocenters. The average Bonchev–Trinajstić information content (AvgIpc) is 2.45. The van der Waals surface area contributed by atoms with E-state index in [-0.39, 0.29) is 18.3 Å². The molecule has 2 rings (SSSR count). The van der Waals surface area contributed by atoms with Gasteiger partial charge in [0, 0.05) is 23.4 Å². The van der Waals surface area contributed by atoms with Gasteiger partial charge in [0.25, 0.3) is 5.91 Å². The third-order valence-corrected chi connectivity index (χ3v) is 2.96. The van der Waals surface area contributed by atoms with Crippen molar-refractivity contribution in [2.75, 3.05) is 6.61 Å². The highest BCUT2D eigenvalue weighted by Crippen LogP contribution is 2.21. The molecule has 1 N–H and O–H groups in total. The first kappa shape index (κ1) is 14.5. The molecule has 1 amide bonds. The van der Waals surface area contributed by atoms with Gasteiger partial charge in [-0.15, -0.1) is 0 Å². The fourth-order valence-corrected chi connectivity index (χ4v) is 1.82. The zero-order chi connectivity index (χ0) is 14.4. The fraction of sp³-hybridized carbons (Fsp3) is 0.143. The van der Waals surface area contributed by atoms with Crippen molar-refractivity contribution in [2.45, 2.75) is 6.54 Å². The lowest BCUT2D eigenvalue weighted by molar-refractivity contribution is -0.123. The van der Waals surface area contributed by atoms with Gasteiger partial charge in [0.05, 0.1) is 0 Å². The minimum Gasteiger partial charge on any atom is -0.481 e. The fourth-order valence-electron chi connectivity index (χ4n) is 1.49. The van der Waals surface area contributed by atoms with Crippen molar-refractivity contribution in [3.63, 3.8) is 0 Å². The maximum atomic E-state index is 13.5. The van der Waals surface area contributed by atoms with Crippen molar-refractivity contribution in [1.82, 2.24) is 10.3 Å². The summed E-state index contributed by atoms with van der Waals surface area (Å²) >= 11 is 3.15. The van der Waals surface area contributed by atoms with Gasteiger partial charge in [-0.05, 0) is 29.8 Å². The molecule has 0 saturated heterocycles. The van der Waals surface area contributed by atoms with E-state index in [4.69, 9.17) is 4.74 Å². The van der Waals surface area contributed by atoms with Crippen molar-refractivity contribution in [3.8, 4) is 5.75 Å². The highest BCUT2D eigenvalue weighted by atomic mass is 79.9. The van der Waals surface area contributed by atoms with Crippen LogP contribution >= 0.6 is 15.9 Å². The van der Waals surface area contributed by atoms with Crippen LogP contribution in [-0.2, 0) is 11.3 Å². The molecule has 1 aromatic carbocycles. The summed E-state index contributed by atoms with van der Waals surface area (Å²) in [4.78, 5) is 15.5. The van der Waals surface area contributed by atoms with Crippen LogP contribution in [0.15, 0.2) is 47.2 Å². The second-order valence-electron chi connectivity index (χ2n) is 4.00. The van der Waals surface area contributed by atoms with Gasteiger partial charge in [-0.1, -0.05) is 22.0 Å². The Morgan fingerprint density at radius 1 is 1.40 bits per heavy atom. The Morgan fingerprint density at radius 2 is 2.25 bits per heavy atom. The number of ether oxygens (including phenoxy) is 1. The van der Waals surface area contributed by atoms with Crippen LogP contribution in [0.5, 0.6) is 5.75 Å². The maximum Gasteiger partial charge on any atom is 0.258 e. The Bertz CT molecular complexity index is 593. The topological polar surface area (TPSA) is 51.2 Å². The minimum atomic E-state index is -0.514. The quantitative estimate of drug-likeness (QED) is 0.911. The molecule has 0 bridgehead atoms. The zero-order valence-corrected chi connectivity index (χ0v) is 12.1. The monoisotopic (exact) mass is 338 g/mol. The lowest BCUT2D eigenvalue weighted by atomic mass is 10.3. The lowest BCUT2D eigenvalue weighted by Gasteiger charge is -2.08. The van der Waals surface area contributed by atoms with Crippen LogP contribution in [0.3, 0.4) is 0 Å². The molecule has 0 saturated carbocycles. The third kappa shape index (κ3) is 4.31. The van der Waals surface area contributed by atoms with Crippen LogP contribution in [0.25, 0.3) is 0 Å². The number of aromatic nitrogens is 1. The summed E-state index contributed by atoms with van der Waals surface area (Å²) in [5.74, 6) is -0.791. The predicted octanol–water partition coefficient (Wildman–Crippen LogP) is 2.68. The van der Waals surface area contributed by atoms with Crippen molar-refractivity contribution in [3.05, 3.63) is 58.6 Å². The Balaban J connectivity index is 1.80. The maximum absolute atomic E-state index is 13.5. The van der Waals surface area contributed by atoms with Gasteiger partial charge in [0.15, 0.2) is 18.2 Å². The number of benzene rings is 1. The van der Waals surface area contributed by atoms with E-state index >= 15 is 0 Å². The van der Waals surface area contributed by atoms with E-state index in [9.17, 15) is 9.18 Å². The molecule has 0 fully saturated rings.